The third-order valence-corrected chi connectivity index (χ3v) is 2.68. The van der Waals surface area contributed by atoms with Gasteiger partial charge in [-0.05, 0) is 35.9 Å². The van der Waals surface area contributed by atoms with Crippen LogP contribution in [0.2, 0.25) is 0 Å². The van der Waals surface area contributed by atoms with Gasteiger partial charge in [0.05, 0.1) is 17.9 Å². The lowest BCUT2D eigenvalue weighted by Crippen LogP contribution is -2.04. The average Bonchev–Trinajstić information content (AvgIpc) is 2.89. The first-order valence-corrected chi connectivity index (χ1v) is 5.85. The van der Waals surface area contributed by atoms with Gasteiger partial charge >= 0.3 is 5.97 Å². The highest BCUT2D eigenvalue weighted by molar-refractivity contribution is 5.95. The summed E-state index contributed by atoms with van der Waals surface area (Å²) in [6.45, 7) is 1.01. The van der Waals surface area contributed by atoms with E-state index >= 15 is 0 Å². The summed E-state index contributed by atoms with van der Waals surface area (Å²) in [4.78, 5) is 14.0. The Morgan fingerprint density at radius 3 is 2.58 bits per heavy atom. The summed E-state index contributed by atoms with van der Waals surface area (Å²) in [5.74, 6) is -0.221. The predicted octanol–water partition coefficient (Wildman–Crippen LogP) is 2.41. The van der Waals surface area contributed by atoms with Gasteiger partial charge in [-0.1, -0.05) is 0 Å². The Morgan fingerprint density at radius 1 is 1.21 bits per heavy atom. The normalized spacial score (nSPS) is 10.4. The molecule has 5 nitrogen and oxygen atoms in total. The second-order valence-electron chi connectivity index (χ2n) is 3.94. The smallest absolute Gasteiger partial charge is 0.337 e. The van der Waals surface area contributed by atoms with Gasteiger partial charge in [-0.25, -0.2) is 4.79 Å². The largest absolute Gasteiger partial charge is 0.491 e. The van der Waals surface area contributed by atoms with Crippen LogP contribution in [0.1, 0.15) is 10.4 Å². The minimum Gasteiger partial charge on any atom is -0.491 e. The van der Waals surface area contributed by atoms with Crippen LogP contribution in [-0.4, -0.2) is 36.4 Å². The Hall–Kier alpha value is -2.27. The molecule has 0 radical (unpaired) electrons. The first-order valence-electron chi connectivity index (χ1n) is 5.85. The molecule has 0 fully saturated rings. The van der Waals surface area contributed by atoms with Crippen LogP contribution in [-0.2, 0) is 4.74 Å². The van der Waals surface area contributed by atoms with Crippen molar-refractivity contribution in [3.63, 3.8) is 0 Å². The topological polar surface area (TPSA) is 71.5 Å². The van der Waals surface area contributed by atoms with Crippen LogP contribution in [0.15, 0.2) is 36.5 Å². The molecule has 2 rings (SSSR count). The number of carboxylic acids is 1. The van der Waals surface area contributed by atoms with Crippen LogP contribution in [0, 0.1) is 0 Å². The van der Waals surface area contributed by atoms with Crippen LogP contribution in [0.4, 0.5) is 0 Å². The molecule has 0 aliphatic rings. The number of nitrogens with one attached hydrogen (secondary N) is 1. The van der Waals surface area contributed by atoms with Gasteiger partial charge in [-0.2, -0.15) is 0 Å². The summed E-state index contributed by atoms with van der Waals surface area (Å²) in [6, 6.07) is 8.79. The van der Waals surface area contributed by atoms with E-state index in [1.54, 1.807) is 31.5 Å². The van der Waals surface area contributed by atoms with Gasteiger partial charge in [0, 0.05) is 13.3 Å². The third kappa shape index (κ3) is 3.14. The lowest BCUT2D eigenvalue weighted by Gasteiger charge is -2.06. The van der Waals surface area contributed by atoms with Crippen LogP contribution >= 0.6 is 0 Å². The molecule has 2 aromatic rings. The van der Waals surface area contributed by atoms with Crippen molar-refractivity contribution >= 4 is 5.97 Å². The van der Waals surface area contributed by atoms with Crippen LogP contribution < -0.4 is 4.74 Å². The number of ether oxygens (including phenoxy) is 2. The molecule has 19 heavy (non-hydrogen) atoms. The molecular formula is C14H15NO4. The highest BCUT2D eigenvalue weighted by atomic mass is 16.5. The van der Waals surface area contributed by atoms with Crippen molar-refractivity contribution in [3.05, 3.63) is 42.1 Å². The van der Waals surface area contributed by atoms with E-state index in [4.69, 9.17) is 14.6 Å². The van der Waals surface area contributed by atoms with Gasteiger partial charge in [-0.3, -0.25) is 0 Å². The molecule has 5 heteroatoms. The number of aromatic carboxylic acids is 1. The van der Waals surface area contributed by atoms with Crippen LogP contribution in [0.3, 0.4) is 0 Å². The Labute approximate surface area is 110 Å². The summed E-state index contributed by atoms with van der Waals surface area (Å²) in [6.07, 6.45) is 1.61. The third-order valence-electron chi connectivity index (χ3n) is 2.68. The van der Waals surface area contributed by atoms with Gasteiger partial charge in [-0.15, -0.1) is 0 Å². The summed E-state index contributed by atoms with van der Waals surface area (Å²) >= 11 is 0. The zero-order valence-electron chi connectivity index (χ0n) is 10.6. The molecule has 0 spiro atoms. The highest BCUT2D eigenvalue weighted by Crippen LogP contribution is 2.24. The highest BCUT2D eigenvalue weighted by Gasteiger charge is 2.12. The molecule has 1 aromatic carbocycles. The minimum absolute atomic E-state index is 0.257. The van der Waals surface area contributed by atoms with Crippen molar-refractivity contribution in [2.24, 2.45) is 0 Å². The Kier molecular flexibility index (Phi) is 4.20. The molecule has 2 N–H and O–H groups in total. The van der Waals surface area contributed by atoms with Crippen molar-refractivity contribution in [1.82, 2.24) is 4.98 Å². The number of methoxy groups -OCH3 is 1. The minimum atomic E-state index is -0.948. The van der Waals surface area contributed by atoms with Crippen LogP contribution in [0.5, 0.6) is 5.75 Å². The summed E-state index contributed by atoms with van der Waals surface area (Å²) in [7, 11) is 1.62. The Balaban J connectivity index is 2.13. The van der Waals surface area contributed by atoms with E-state index in [0.717, 1.165) is 11.3 Å². The molecule has 0 atom stereocenters. The van der Waals surface area contributed by atoms with E-state index in [1.165, 1.54) is 0 Å². The first kappa shape index (κ1) is 13.2. The molecule has 0 saturated heterocycles. The summed E-state index contributed by atoms with van der Waals surface area (Å²) in [5, 5.41) is 9.06. The fraction of sp³-hybridized carbons (Fsp3) is 0.214. The van der Waals surface area contributed by atoms with Crippen molar-refractivity contribution in [3.8, 4) is 17.0 Å². The predicted molar refractivity (Wildman–Crippen MR) is 70.6 cm³/mol. The number of aromatic nitrogens is 1. The number of hydrogen-bond acceptors (Lipinski definition) is 3. The van der Waals surface area contributed by atoms with E-state index in [0.29, 0.717) is 18.9 Å². The van der Waals surface area contributed by atoms with Crippen molar-refractivity contribution < 1.29 is 19.4 Å². The second-order valence-corrected chi connectivity index (χ2v) is 3.94. The lowest BCUT2D eigenvalue weighted by atomic mass is 10.1. The fourth-order valence-corrected chi connectivity index (χ4v) is 1.75. The first-order chi connectivity index (χ1) is 9.22. The zero-order valence-corrected chi connectivity index (χ0v) is 10.6. The molecule has 0 aliphatic heterocycles. The van der Waals surface area contributed by atoms with E-state index in [9.17, 15) is 4.79 Å². The maximum atomic E-state index is 11.0. The number of carboxylic acid groups (broad SMARTS) is 1. The molecule has 100 valence electrons. The van der Waals surface area contributed by atoms with Crippen molar-refractivity contribution in [2.75, 3.05) is 20.3 Å². The van der Waals surface area contributed by atoms with Gasteiger partial charge in [0.15, 0.2) is 0 Å². The molecule has 1 aromatic heterocycles. The Bertz CT molecular complexity index is 545. The second kappa shape index (κ2) is 6.06. The molecule has 0 unspecified atom stereocenters. The number of benzene rings is 1. The number of rotatable bonds is 6. The average molecular weight is 261 g/mol. The SMILES string of the molecule is COCCOc1ccc(-c2[nH]ccc2C(=O)O)cc1. The van der Waals surface area contributed by atoms with E-state index < -0.39 is 5.97 Å². The van der Waals surface area contributed by atoms with E-state index in [-0.39, 0.29) is 5.56 Å². The molecular weight excluding hydrogens is 246 g/mol. The zero-order chi connectivity index (χ0) is 13.7. The van der Waals surface area contributed by atoms with Crippen molar-refractivity contribution in [2.45, 2.75) is 0 Å². The maximum Gasteiger partial charge on any atom is 0.337 e. The number of hydrogen-bond donors (Lipinski definition) is 2. The number of carbonyl (C=O) groups is 1. The Morgan fingerprint density at radius 2 is 1.95 bits per heavy atom. The monoisotopic (exact) mass is 261 g/mol. The number of aromatic amines is 1. The molecule has 0 aliphatic carbocycles. The summed E-state index contributed by atoms with van der Waals surface area (Å²) in [5.41, 5.74) is 1.66. The molecule has 0 saturated carbocycles. The van der Waals surface area contributed by atoms with Gasteiger partial charge in [0.2, 0.25) is 0 Å². The maximum absolute atomic E-state index is 11.0. The van der Waals surface area contributed by atoms with E-state index in [2.05, 4.69) is 4.98 Å². The van der Waals surface area contributed by atoms with Crippen molar-refractivity contribution in [1.29, 1.82) is 0 Å². The van der Waals surface area contributed by atoms with Gasteiger partial charge < -0.3 is 19.6 Å². The quantitative estimate of drug-likeness (QED) is 0.783. The fourth-order valence-electron chi connectivity index (χ4n) is 1.75. The molecule has 0 bridgehead atoms. The lowest BCUT2D eigenvalue weighted by molar-refractivity contribution is 0.0698. The standard InChI is InChI=1S/C14H15NO4/c1-18-8-9-19-11-4-2-10(3-5-11)13-12(14(16)17)6-7-15-13/h2-7,15H,8-9H2,1H3,(H,16,17). The number of H-pyrrole nitrogens is 1. The summed E-state index contributed by atoms with van der Waals surface area (Å²) < 4.78 is 10.3. The van der Waals surface area contributed by atoms with Crippen LogP contribution in [0.25, 0.3) is 11.3 Å². The van der Waals surface area contributed by atoms with Gasteiger partial charge in [0.25, 0.3) is 0 Å². The van der Waals surface area contributed by atoms with E-state index in [1.807, 2.05) is 12.1 Å². The molecule has 1 heterocycles. The molecule has 0 amide bonds. The van der Waals surface area contributed by atoms with Gasteiger partial charge in [0.1, 0.15) is 12.4 Å².